The highest BCUT2D eigenvalue weighted by atomic mass is 16.6. The Morgan fingerprint density at radius 3 is 2.77 bits per heavy atom. The van der Waals surface area contributed by atoms with Crippen LogP contribution < -0.4 is 20.5 Å². The first kappa shape index (κ1) is 23.7. The third kappa shape index (κ3) is 8.06. The van der Waals surface area contributed by atoms with Gasteiger partial charge in [0.05, 0.1) is 7.11 Å². The van der Waals surface area contributed by atoms with Gasteiger partial charge in [-0.1, -0.05) is 32.1 Å². The molecule has 30 heavy (non-hydrogen) atoms. The lowest BCUT2D eigenvalue weighted by molar-refractivity contribution is -0.121. The molecule has 1 saturated heterocycles. The van der Waals surface area contributed by atoms with Crippen LogP contribution in [0.5, 0.6) is 11.5 Å². The molecule has 1 aliphatic heterocycles. The molecule has 7 heteroatoms. The summed E-state index contributed by atoms with van der Waals surface area (Å²) in [5.74, 6) is 1.41. The standard InChI is InChI=1S/C23H35N3O4/c1-17(2)8-6-4-5-7-9-22(27)25-15-18-10-11-20(21(14-18)29-3)30-23(28)26-13-12-19(24)16-26/h6,8,10-11,14,17,19H,4-5,7,9,12-13,15-16,24H2,1-3H3,(H,25,27)/b8-6+. The molecule has 1 heterocycles. The highest BCUT2D eigenvalue weighted by molar-refractivity contribution is 5.76. The number of unbranched alkanes of at least 4 members (excludes halogenated alkanes) is 2. The van der Waals surface area contributed by atoms with Gasteiger partial charge < -0.3 is 25.4 Å². The van der Waals surface area contributed by atoms with Crippen LogP contribution in [-0.2, 0) is 11.3 Å². The third-order valence-electron chi connectivity index (χ3n) is 4.94. The number of likely N-dealkylation sites (tertiary alicyclic amines) is 1. The first-order chi connectivity index (χ1) is 14.4. The highest BCUT2D eigenvalue weighted by Gasteiger charge is 2.25. The predicted molar refractivity (Wildman–Crippen MR) is 117 cm³/mol. The molecule has 3 N–H and O–H groups in total. The van der Waals surface area contributed by atoms with E-state index < -0.39 is 6.09 Å². The minimum absolute atomic E-state index is 0.00179. The van der Waals surface area contributed by atoms with Crippen LogP contribution in [0.1, 0.15) is 51.5 Å². The molecule has 1 aromatic rings. The quantitative estimate of drug-likeness (QED) is 0.448. The normalized spacial score (nSPS) is 16.3. The van der Waals surface area contributed by atoms with E-state index in [9.17, 15) is 9.59 Å². The monoisotopic (exact) mass is 417 g/mol. The summed E-state index contributed by atoms with van der Waals surface area (Å²) in [7, 11) is 1.52. The second kappa shape index (κ2) is 12.2. The van der Waals surface area contributed by atoms with Crippen LogP contribution in [-0.4, -0.2) is 43.1 Å². The third-order valence-corrected chi connectivity index (χ3v) is 4.94. The van der Waals surface area contributed by atoms with Crippen LogP contribution in [0, 0.1) is 5.92 Å². The van der Waals surface area contributed by atoms with Crippen LogP contribution in [0.3, 0.4) is 0 Å². The van der Waals surface area contributed by atoms with Crippen LogP contribution in [0.15, 0.2) is 30.4 Å². The molecule has 2 rings (SSSR count). The summed E-state index contributed by atoms with van der Waals surface area (Å²) in [6.07, 6.45) is 8.12. The number of methoxy groups -OCH3 is 1. The van der Waals surface area contributed by atoms with E-state index in [1.807, 2.05) is 6.07 Å². The first-order valence-electron chi connectivity index (χ1n) is 10.7. The van der Waals surface area contributed by atoms with Gasteiger partial charge in [-0.05, 0) is 49.3 Å². The fourth-order valence-corrected chi connectivity index (χ4v) is 3.22. The summed E-state index contributed by atoms with van der Waals surface area (Å²) < 4.78 is 10.8. The van der Waals surface area contributed by atoms with Crippen molar-refractivity contribution in [1.29, 1.82) is 0 Å². The zero-order valence-corrected chi connectivity index (χ0v) is 18.4. The predicted octanol–water partition coefficient (Wildman–Crippen LogP) is 3.62. The molecule has 166 valence electrons. The van der Waals surface area contributed by atoms with Crippen molar-refractivity contribution in [3.05, 3.63) is 35.9 Å². The average Bonchev–Trinajstić information content (AvgIpc) is 3.16. The van der Waals surface area contributed by atoms with E-state index in [2.05, 4.69) is 31.3 Å². The number of allylic oxidation sites excluding steroid dienone is 2. The maximum absolute atomic E-state index is 12.3. The molecule has 1 unspecified atom stereocenters. The molecular weight excluding hydrogens is 382 g/mol. The molecule has 0 saturated carbocycles. The van der Waals surface area contributed by atoms with Crippen molar-refractivity contribution in [1.82, 2.24) is 10.2 Å². The number of nitrogens with one attached hydrogen (secondary N) is 1. The summed E-state index contributed by atoms with van der Waals surface area (Å²) in [6.45, 7) is 5.80. The SMILES string of the molecule is COc1cc(CNC(=O)CCCC/C=C/C(C)C)ccc1OC(=O)N1CCC(N)C1. The molecule has 0 bridgehead atoms. The Balaban J connectivity index is 1.77. The maximum atomic E-state index is 12.3. The Morgan fingerprint density at radius 2 is 2.10 bits per heavy atom. The van der Waals surface area contributed by atoms with E-state index in [4.69, 9.17) is 15.2 Å². The van der Waals surface area contributed by atoms with E-state index in [1.54, 1.807) is 17.0 Å². The Morgan fingerprint density at radius 1 is 1.30 bits per heavy atom. The lowest BCUT2D eigenvalue weighted by Crippen LogP contribution is -2.34. The number of hydrogen-bond donors (Lipinski definition) is 2. The molecule has 1 atom stereocenters. The fraction of sp³-hybridized carbons (Fsp3) is 0.565. The van der Waals surface area contributed by atoms with Gasteiger partial charge in [-0.15, -0.1) is 0 Å². The maximum Gasteiger partial charge on any atom is 0.415 e. The first-order valence-corrected chi connectivity index (χ1v) is 10.7. The average molecular weight is 418 g/mol. The van der Waals surface area contributed by atoms with E-state index in [0.29, 0.717) is 43.5 Å². The van der Waals surface area contributed by atoms with Gasteiger partial charge in [-0.25, -0.2) is 4.79 Å². The van der Waals surface area contributed by atoms with Crippen molar-refractivity contribution in [3.8, 4) is 11.5 Å². The Hall–Kier alpha value is -2.54. The van der Waals surface area contributed by atoms with Crippen LogP contribution in [0.4, 0.5) is 4.79 Å². The van der Waals surface area contributed by atoms with Gasteiger partial charge >= 0.3 is 6.09 Å². The van der Waals surface area contributed by atoms with Crippen LogP contribution in [0.2, 0.25) is 0 Å². The number of benzene rings is 1. The zero-order valence-electron chi connectivity index (χ0n) is 18.4. The van der Waals surface area contributed by atoms with E-state index >= 15 is 0 Å². The minimum Gasteiger partial charge on any atom is -0.493 e. The number of ether oxygens (including phenoxy) is 2. The van der Waals surface area contributed by atoms with E-state index in [-0.39, 0.29) is 11.9 Å². The van der Waals surface area contributed by atoms with Gasteiger partial charge in [0.15, 0.2) is 11.5 Å². The van der Waals surface area contributed by atoms with E-state index in [1.165, 1.54) is 7.11 Å². The number of nitrogens with two attached hydrogens (primary N) is 1. The van der Waals surface area contributed by atoms with Crippen molar-refractivity contribution in [2.75, 3.05) is 20.2 Å². The smallest absolute Gasteiger partial charge is 0.415 e. The van der Waals surface area contributed by atoms with E-state index in [0.717, 1.165) is 31.2 Å². The number of carbonyl (C=O) groups is 2. The summed E-state index contributed by atoms with van der Waals surface area (Å²) in [4.78, 5) is 25.9. The second-order valence-electron chi connectivity index (χ2n) is 8.04. The molecule has 0 aliphatic carbocycles. The molecule has 1 aliphatic rings. The lowest BCUT2D eigenvalue weighted by Gasteiger charge is -2.17. The molecule has 7 nitrogen and oxygen atoms in total. The molecular formula is C23H35N3O4. The molecule has 0 aromatic heterocycles. The second-order valence-corrected chi connectivity index (χ2v) is 8.04. The van der Waals surface area contributed by atoms with Gasteiger partial charge in [-0.3, -0.25) is 4.79 Å². The molecule has 1 fully saturated rings. The van der Waals surface area contributed by atoms with Gasteiger partial charge in [0.1, 0.15) is 0 Å². The van der Waals surface area contributed by atoms with Gasteiger partial charge in [0.2, 0.25) is 5.91 Å². The van der Waals surface area contributed by atoms with Crippen molar-refractivity contribution in [2.45, 2.75) is 58.5 Å². The fourth-order valence-electron chi connectivity index (χ4n) is 3.22. The van der Waals surface area contributed by atoms with Crippen molar-refractivity contribution < 1.29 is 19.1 Å². The Labute approximate surface area is 179 Å². The number of amides is 2. The largest absolute Gasteiger partial charge is 0.493 e. The number of hydrogen-bond acceptors (Lipinski definition) is 5. The number of nitrogens with zero attached hydrogens (tertiary/aromatic N) is 1. The van der Waals surface area contributed by atoms with Crippen molar-refractivity contribution in [3.63, 3.8) is 0 Å². The molecule has 1 aromatic carbocycles. The molecule has 0 radical (unpaired) electrons. The van der Waals surface area contributed by atoms with Crippen molar-refractivity contribution in [2.24, 2.45) is 11.7 Å². The Bertz CT molecular complexity index is 733. The van der Waals surface area contributed by atoms with Crippen LogP contribution in [0.25, 0.3) is 0 Å². The lowest BCUT2D eigenvalue weighted by atomic mass is 10.1. The van der Waals surface area contributed by atoms with Crippen LogP contribution >= 0.6 is 0 Å². The summed E-state index contributed by atoms with van der Waals surface area (Å²) in [6, 6.07) is 5.28. The zero-order chi connectivity index (χ0) is 21.9. The molecule has 0 spiro atoms. The topological polar surface area (TPSA) is 93.9 Å². The van der Waals surface area contributed by atoms with Gasteiger partial charge in [0.25, 0.3) is 0 Å². The summed E-state index contributed by atoms with van der Waals surface area (Å²) >= 11 is 0. The van der Waals surface area contributed by atoms with Gasteiger partial charge in [-0.2, -0.15) is 0 Å². The highest BCUT2D eigenvalue weighted by Crippen LogP contribution is 2.29. The van der Waals surface area contributed by atoms with Gasteiger partial charge in [0, 0.05) is 32.1 Å². The minimum atomic E-state index is -0.425. The summed E-state index contributed by atoms with van der Waals surface area (Å²) in [5.41, 5.74) is 6.72. The summed E-state index contributed by atoms with van der Waals surface area (Å²) in [5, 5.41) is 2.93. The van der Waals surface area contributed by atoms with Crippen molar-refractivity contribution >= 4 is 12.0 Å². The number of carbonyl (C=O) groups excluding carboxylic acids is 2. The Kier molecular flexibility index (Phi) is 9.67. The molecule has 2 amide bonds. The number of rotatable bonds is 10.